The van der Waals surface area contributed by atoms with E-state index in [4.69, 9.17) is 25.8 Å². The van der Waals surface area contributed by atoms with Crippen molar-refractivity contribution in [3.63, 3.8) is 0 Å². The van der Waals surface area contributed by atoms with E-state index in [1.165, 1.54) is 30.7 Å². The molecule has 0 radical (unpaired) electrons. The number of benzene rings is 3. The number of methoxy groups -OCH3 is 1. The summed E-state index contributed by atoms with van der Waals surface area (Å²) in [5.41, 5.74) is 3.97. The maximum absolute atomic E-state index is 13.5. The predicted molar refractivity (Wildman–Crippen MR) is 168 cm³/mol. The highest BCUT2D eigenvalue weighted by Crippen LogP contribution is 2.40. The molecule has 0 saturated carbocycles. The Balaban J connectivity index is 1.23. The van der Waals surface area contributed by atoms with E-state index in [0.717, 1.165) is 78.9 Å². The van der Waals surface area contributed by atoms with E-state index in [1.54, 1.807) is 12.0 Å². The minimum atomic E-state index is -0.496. The Hall–Kier alpha value is -3.59. The van der Waals surface area contributed by atoms with Gasteiger partial charge < -0.3 is 24.5 Å². The van der Waals surface area contributed by atoms with Crippen molar-refractivity contribution in [3.05, 3.63) is 94.4 Å². The van der Waals surface area contributed by atoms with Crippen LogP contribution in [0.3, 0.4) is 0 Å². The molecule has 0 fully saturated rings. The summed E-state index contributed by atoms with van der Waals surface area (Å²) < 4.78 is 30.2. The second-order valence-electron chi connectivity index (χ2n) is 10.8. The third kappa shape index (κ3) is 8.07. The van der Waals surface area contributed by atoms with Crippen molar-refractivity contribution in [2.75, 3.05) is 40.0 Å². The Morgan fingerprint density at radius 3 is 2.49 bits per heavy atom. The van der Waals surface area contributed by atoms with Crippen molar-refractivity contribution >= 4 is 28.6 Å². The lowest BCUT2D eigenvalue weighted by atomic mass is 9.92. The summed E-state index contributed by atoms with van der Waals surface area (Å²) in [4.78, 5) is 18.7. The van der Waals surface area contributed by atoms with E-state index in [1.807, 2.05) is 42.5 Å². The largest absolute Gasteiger partial charge is 0.494 e. The van der Waals surface area contributed by atoms with Crippen molar-refractivity contribution in [1.29, 1.82) is 0 Å². The van der Waals surface area contributed by atoms with Gasteiger partial charge in [0.15, 0.2) is 0 Å². The van der Waals surface area contributed by atoms with Gasteiger partial charge in [-0.15, -0.1) is 0 Å². The molecule has 5 rings (SSSR count). The van der Waals surface area contributed by atoms with Gasteiger partial charge in [0.1, 0.15) is 23.4 Å². The number of carbonyl (C=O) groups excluding carboxylic acids is 1. The molecule has 3 aromatic carbocycles. The number of rotatable bonds is 14. The van der Waals surface area contributed by atoms with Gasteiger partial charge in [0.2, 0.25) is 0 Å². The van der Waals surface area contributed by atoms with Crippen molar-refractivity contribution in [1.82, 2.24) is 15.2 Å². The topological polar surface area (TPSA) is 75.8 Å². The predicted octanol–water partition coefficient (Wildman–Crippen LogP) is 7.67. The zero-order chi connectivity index (χ0) is 30.0. The molecule has 0 saturated heterocycles. The molecular formula is C34H39ClFN3O4. The number of H-pyrrole nitrogens is 1. The van der Waals surface area contributed by atoms with E-state index in [2.05, 4.69) is 10.3 Å². The van der Waals surface area contributed by atoms with Crippen molar-refractivity contribution < 1.29 is 23.4 Å². The molecule has 9 heteroatoms. The highest BCUT2D eigenvalue weighted by Gasteiger charge is 2.35. The zero-order valence-electron chi connectivity index (χ0n) is 24.5. The van der Waals surface area contributed by atoms with Gasteiger partial charge >= 0.3 is 6.09 Å². The summed E-state index contributed by atoms with van der Waals surface area (Å²) in [5.74, 6) is 0.700. The van der Waals surface area contributed by atoms with Gasteiger partial charge in [-0.1, -0.05) is 36.6 Å². The van der Waals surface area contributed by atoms with Crippen molar-refractivity contribution in [3.8, 4) is 11.5 Å². The molecule has 0 aliphatic carbocycles. The quantitative estimate of drug-likeness (QED) is 0.144. The van der Waals surface area contributed by atoms with Crippen LogP contribution in [0.4, 0.5) is 9.18 Å². The molecule has 228 valence electrons. The summed E-state index contributed by atoms with van der Waals surface area (Å²) in [6.45, 7) is 3.95. The lowest BCUT2D eigenvalue weighted by Crippen LogP contribution is -2.42. The fourth-order valence-corrected chi connectivity index (χ4v) is 5.75. The maximum atomic E-state index is 13.5. The molecule has 1 aliphatic rings. The Labute approximate surface area is 257 Å². The summed E-state index contributed by atoms with van der Waals surface area (Å²) in [6, 6.07) is 18.8. The molecule has 1 aliphatic heterocycles. The van der Waals surface area contributed by atoms with Crippen LogP contribution in [0.15, 0.2) is 66.7 Å². The third-order valence-corrected chi connectivity index (χ3v) is 7.99. The number of ether oxygens (including phenoxy) is 3. The van der Waals surface area contributed by atoms with Crippen LogP contribution in [0, 0.1) is 5.82 Å². The van der Waals surface area contributed by atoms with Crippen LogP contribution in [0.2, 0.25) is 5.02 Å². The average molecular weight is 608 g/mol. The van der Waals surface area contributed by atoms with Crippen molar-refractivity contribution in [2.24, 2.45) is 0 Å². The highest BCUT2D eigenvalue weighted by molar-refractivity contribution is 6.31. The minimum absolute atomic E-state index is 0.293. The number of aromatic nitrogens is 1. The van der Waals surface area contributed by atoms with Crippen LogP contribution < -0.4 is 14.8 Å². The number of halogens is 2. The first-order chi connectivity index (χ1) is 21.0. The van der Waals surface area contributed by atoms with Crippen LogP contribution in [0.1, 0.15) is 55.0 Å². The second kappa shape index (κ2) is 15.2. The summed E-state index contributed by atoms with van der Waals surface area (Å²) >= 11 is 6.33. The lowest BCUT2D eigenvalue weighted by molar-refractivity contribution is 0.135. The fourth-order valence-electron chi connectivity index (χ4n) is 5.57. The van der Waals surface area contributed by atoms with E-state index >= 15 is 0 Å². The molecule has 2 heterocycles. The first-order valence-corrected chi connectivity index (χ1v) is 15.4. The molecule has 1 unspecified atom stereocenters. The SMILES string of the molecule is COCCCNCCCCCCOc1ccc(C2c3[nH]c4ccc(Cl)cc4c3CCN2C(=O)Oc2ccc(F)cc2)cc1. The molecule has 43 heavy (non-hydrogen) atoms. The zero-order valence-corrected chi connectivity index (χ0v) is 25.3. The van der Waals surface area contributed by atoms with Crippen LogP contribution in [-0.4, -0.2) is 55.9 Å². The fraction of sp³-hybridized carbons (Fsp3) is 0.382. The molecular weight excluding hydrogens is 569 g/mol. The van der Waals surface area contributed by atoms with Crippen LogP contribution in [0.5, 0.6) is 11.5 Å². The first kappa shape index (κ1) is 30.9. The molecule has 1 atom stereocenters. The Morgan fingerprint density at radius 2 is 1.70 bits per heavy atom. The van der Waals surface area contributed by atoms with E-state index < -0.39 is 12.1 Å². The normalized spacial score (nSPS) is 14.6. The number of unbranched alkanes of at least 4 members (excludes halogenated alkanes) is 3. The number of amides is 1. The van der Waals surface area contributed by atoms with E-state index in [-0.39, 0.29) is 5.82 Å². The number of carbonyl (C=O) groups is 1. The summed E-state index contributed by atoms with van der Waals surface area (Å²) in [6.07, 6.45) is 5.64. The van der Waals surface area contributed by atoms with Gasteiger partial charge in [0.25, 0.3) is 0 Å². The van der Waals surface area contributed by atoms with Gasteiger partial charge in [-0.25, -0.2) is 9.18 Å². The van der Waals surface area contributed by atoms with Crippen molar-refractivity contribution in [2.45, 2.75) is 44.6 Å². The van der Waals surface area contributed by atoms with E-state index in [9.17, 15) is 9.18 Å². The molecule has 4 aromatic rings. The van der Waals surface area contributed by atoms with E-state index in [0.29, 0.717) is 30.3 Å². The average Bonchev–Trinajstić information content (AvgIpc) is 3.38. The molecule has 7 nitrogen and oxygen atoms in total. The van der Waals surface area contributed by atoms with Gasteiger partial charge in [-0.2, -0.15) is 0 Å². The number of fused-ring (bicyclic) bond motifs is 3. The van der Waals surface area contributed by atoms with Gasteiger partial charge in [0.05, 0.1) is 6.61 Å². The monoisotopic (exact) mass is 607 g/mol. The van der Waals surface area contributed by atoms with Crippen LogP contribution in [-0.2, 0) is 11.2 Å². The molecule has 1 amide bonds. The maximum Gasteiger partial charge on any atom is 0.416 e. The van der Waals surface area contributed by atoms with Gasteiger partial charge in [-0.3, -0.25) is 4.90 Å². The molecule has 0 bridgehead atoms. The smallest absolute Gasteiger partial charge is 0.416 e. The molecule has 1 aromatic heterocycles. The molecule has 2 N–H and O–H groups in total. The number of hydrogen-bond donors (Lipinski definition) is 2. The van der Waals surface area contributed by atoms with Crippen LogP contribution >= 0.6 is 11.6 Å². The summed E-state index contributed by atoms with van der Waals surface area (Å²) in [7, 11) is 1.73. The second-order valence-corrected chi connectivity index (χ2v) is 11.2. The number of nitrogens with one attached hydrogen (secondary N) is 2. The molecule has 0 spiro atoms. The highest BCUT2D eigenvalue weighted by atomic mass is 35.5. The minimum Gasteiger partial charge on any atom is -0.494 e. The Morgan fingerprint density at radius 1 is 0.953 bits per heavy atom. The summed E-state index contributed by atoms with van der Waals surface area (Å²) in [5, 5.41) is 5.17. The number of nitrogens with zero attached hydrogens (tertiary/aromatic N) is 1. The first-order valence-electron chi connectivity index (χ1n) is 15.0. The Kier molecular flexibility index (Phi) is 10.9. The third-order valence-electron chi connectivity index (χ3n) is 7.76. The number of hydrogen-bond acceptors (Lipinski definition) is 5. The number of aromatic amines is 1. The lowest BCUT2D eigenvalue weighted by Gasteiger charge is -2.35. The standard InChI is InChI=1S/C34H39ClFN3O4/c1-41-21-6-19-37-18-4-2-3-5-22-42-27-12-7-24(8-13-27)33-32-29(30-23-25(35)9-16-31(30)38-32)17-20-39(33)34(40)43-28-14-10-26(36)11-15-28/h7-16,23,33,37-38H,2-6,17-22H2,1H3. The van der Waals surface area contributed by atoms with Gasteiger partial charge in [0, 0.05) is 41.9 Å². The Bertz CT molecular complexity index is 1480. The van der Waals surface area contributed by atoms with Crippen LogP contribution in [0.25, 0.3) is 10.9 Å². The van der Waals surface area contributed by atoms with Gasteiger partial charge in [-0.05, 0) is 104 Å².